The number of halogens is 1. The summed E-state index contributed by atoms with van der Waals surface area (Å²) in [6.45, 7) is 4.12. The van der Waals surface area contributed by atoms with Gasteiger partial charge in [-0.2, -0.15) is 0 Å². The van der Waals surface area contributed by atoms with E-state index in [-0.39, 0.29) is 11.9 Å². The Balaban J connectivity index is 2.37. The Bertz CT molecular complexity index is 310. The lowest BCUT2D eigenvalue weighted by molar-refractivity contribution is 0.170. The van der Waals surface area contributed by atoms with Crippen LogP contribution < -0.4 is 4.74 Å². The number of aliphatic hydroxyl groups excluding tert-OH is 1. The molecule has 0 aliphatic heterocycles. The van der Waals surface area contributed by atoms with Gasteiger partial charge < -0.3 is 9.84 Å². The zero-order chi connectivity index (χ0) is 11.3. The van der Waals surface area contributed by atoms with E-state index >= 15 is 0 Å². The molecule has 0 amide bonds. The minimum atomic E-state index is -0.289. The lowest BCUT2D eigenvalue weighted by Gasteiger charge is -2.09. The van der Waals surface area contributed by atoms with Gasteiger partial charge in [-0.1, -0.05) is 0 Å². The lowest BCUT2D eigenvalue weighted by atomic mass is 10.2. The molecule has 3 heteroatoms. The van der Waals surface area contributed by atoms with Gasteiger partial charge in [0.15, 0.2) is 0 Å². The van der Waals surface area contributed by atoms with Gasteiger partial charge in [-0.3, -0.25) is 0 Å². The molecule has 0 bridgehead atoms. The maximum Gasteiger partial charge on any atom is 0.123 e. The molecule has 15 heavy (non-hydrogen) atoms. The van der Waals surface area contributed by atoms with Crippen LogP contribution in [0.4, 0.5) is 4.39 Å². The van der Waals surface area contributed by atoms with Crippen LogP contribution in [0.2, 0.25) is 0 Å². The Kier molecular flexibility index (Phi) is 4.56. The lowest BCUT2D eigenvalue weighted by Crippen LogP contribution is -2.04. The number of aryl methyl sites for hydroxylation is 1. The normalized spacial score (nSPS) is 12.5. The van der Waals surface area contributed by atoms with Gasteiger partial charge in [0.25, 0.3) is 0 Å². The second kappa shape index (κ2) is 5.71. The van der Waals surface area contributed by atoms with Crippen LogP contribution in [-0.2, 0) is 0 Å². The number of hydrogen-bond acceptors (Lipinski definition) is 2. The first-order chi connectivity index (χ1) is 7.09. The summed E-state index contributed by atoms with van der Waals surface area (Å²) < 4.78 is 18.2. The maximum absolute atomic E-state index is 12.8. The minimum Gasteiger partial charge on any atom is -0.493 e. The third-order valence-corrected chi connectivity index (χ3v) is 2.16. The van der Waals surface area contributed by atoms with E-state index in [0.717, 1.165) is 18.4 Å². The third-order valence-electron chi connectivity index (χ3n) is 2.16. The van der Waals surface area contributed by atoms with Crippen LogP contribution in [0.5, 0.6) is 5.75 Å². The first-order valence-corrected chi connectivity index (χ1v) is 5.16. The van der Waals surface area contributed by atoms with E-state index in [9.17, 15) is 4.39 Å². The van der Waals surface area contributed by atoms with E-state index in [4.69, 9.17) is 9.84 Å². The first-order valence-electron chi connectivity index (χ1n) is 5.16. The van der Waals surface area contributed by atoms with Gasteiger partial charge >= 0.3 is 0 Å². The van der Waals surface area contributed by atoms with E-state index in [1.807, 2.05) is 6.92 Å². The van der Waals surface area contributed by atoms with Gasteiger partial charge in [0.1, 0.15) is 11.6 Å². The zero-order valence-electron chi connectivity index (χ0n) is 9.16. The molecule has 84 valence electrons. The summed E-state index contributed by atoms with van der Waals surface area (Å²) in [7, 11) is 0. The SMILES string of the molecule is Cc1cc(F)ccc1OCCCC(C)O. The smallest absolute Gasteiger partial charge is 0.123 e. The van der Waals surface area contributed by atoms with Crippen molar-refractivity contribution in [2.75, 3.05) is 6.61 Å². The molecule has 1 aromatic carbocycles. The fraction of sp³-hybridized carbons (Fsp3) is 0.500. The van der Waals surface area contributed by atoms with Crippen molar-refractivity contribution >= 4 is 0 Å². The first kappa shape index (κ1) is 12.0. The van der Waals surface area contributed by atoms with E-state index in [0.29, 0.717) is 12.4 Å². The van der Waals surface area contributed by atoms with Gasteiger partial charge in [0.05, 0.1) is 12.7 Å². The van der Waals surface area contributed by atoms with Crippen molar-refractivity contribution in [1.29, 1.82) is 0 Å². The van der Waals surface area contributed by atoms with Crippen LogP contribution in [0.1, 0.15) is 25.3 Å². The Labute approximate surface area is 89.7 Å². The van der Waals surface area contributed by atoms with Crippen molar-refractivity contribution in [2.45, 2.75) is 32.8 Å². The minimum absolute atomic E-state index is 0.246. The van der Waals surface area contributed by atoms with Crippen molar-refractivity contribution < 1.29 is 14.2 Å². The number of hydrogen-bond donors (Lipinski definition) is 1. The third kappa shape index (κ3) is 4.30. The molecular formula is C12H17FO2. The molecule has 0 spiro atoms. The summed E-state index contributed by atoms with van der Waals surface area (Å²) in [6.07, 6.45) is 1.23. The predicted octanol–water partition coefficient (Wildman–Crippen LogP) is 2.67. The summed E-state index contributed by atoms with van der Waals surface area (Å²) in [6, 6.07) is 4.47. The van der Waals surface area contributed by atoms with Gasteiger partial charge in [-0.05, 0) is 50.5 Å². The van der Waals surface area contributed by atoms with Crippen molar-refractivity contribution in [2.24, 2.45) is 0 Å². The molecule has 0 fully saturated rings. The van der Waals surface area contributed by atoms with Gasteiger partial charge in [0.2, 0.25) is 0 Å². The Hall–Kier alpha value is -1.09. The fourth-order valence-corrected chi connectivity index (χ4v) is 1.34. The zero-order valence-corrected chi connectivity index (χ0v) is 9.16. The molecule has 1 atom stereocenters. The van der Waals surface area contributed by atoms with Crippen LogP contribution in [0.3, 0.4) is 0 Å². The van der Waals surface area contributed by atoms with E-state index in [2.05, 4.69) is 0 Å². The summed E-state index contributed by atoms with van der Waals surface area (Å²) in [4.78, 5) is 0. The average Bonchev–Trinajstić information content (AvgIpc) is 2.14. The van der Waals surface area contributed by atoms with Crippen molar-refractivity contribution in [3.8, 4) is 5.75 Å². The Morgan fingerprint density at radius 1 is 1.47 bits per heavy atom. The molecule has 0 saturated heterocycles. The fourth-order valence-electron chi connectivity index (χ4n) is 1.34. The molecular weight excluding hydrogens is 195 g/mol. The van der Waals surface area contributed by atoms with E-state index < -0.39 is 0 Å². The van der Waals surface area contributed by atoms with Gasteiger partial charge in [-0.25, -0.2) is 4.39 Å². The summed E-state index contributed by atoms with van der Waals surface area (Å²) in [5.41, 5.74) is 0.798. The quantitative estimate of drug-likeness (QED) is 0.760. The highest BCUT2D eigenvalue weighted by Crippen LogP contribution is 2.18. The molecule has 0 aliphatic rings. The van der Waals surface area contributed by atoms with Crippen LogP contribution >= 0.6 is 0 Å². The molecule has 0 radical (unpaired) electrons. The topological polar surface area (TPSA) is 29.5 Å². The van der Waals surface area contributed by atoms with Crippen LogP contribution in [-0.4, -0.2) is 17.8 Å². The maximum atomic E-state index is 12.8. The summed E-state index contributed by atoms with van der Waals surface area (Å²) in [5, 5.41) is 9.04. The molecule has 2 nitrogen and oxygen atoms in total. The molecule has 1 unspecified atom stereocenters. The van der Waals surface area contributed by atoms with Gasteiger partial charge in [-0.15, -0.1) is 0 Å². The Morgan fingerprint density at radius 2 is 2.20 bits per heavy atom. The van der Waals surface area contributed by atoms with E-state index in [1.54, 1.807) is 13.0 Å². The Morgan fingerprint density at radius 3 is 2.80 bits per heavy atom. The molecule has 0 saturated carbocycles. The second-order valence-electron chi connectivity index (χ2n) is 3.75. The van der Waals surface area contributed by atoms with Crippen LogP contribution in [0, 0.1) is 12.7 Å². The highest BCUT2D eigenvalue weighted by atomic mass is 19.1. The van der Waals surface area contributed by atoms with Crippen molar-refractivity contribution in [3.63, 3.8) is 0 Å². The molecule has 1 rings (SSSR count). The van der Waals surface area contributed by atoms with Crippen molar-refractivity contribution in [3.05, 3.63) is 29.6 Å². The van der Waals surface area contributed by atoms with Crippen LogP contribution in [0.25, 0.3) is 0 Å². The average molecular weight is 212 g/mol. The number of benzene rings is 1. The second-order valence-corrected chi connectivity index (χ2v) is 3.75. The monoisotopic (exact) mass is 212 g/mol. The number of ether oxygens (including phenoxy) is 1. The van der Waals surface area contributed by atoms with Crippen LogP contribution in [0.15, 0.2) is 18.2 Å². The molecule has 1 aromatic rings. The highest BCUT2D eigenvalue weighted by molar-refractivity contribution is 5.32. The summed E-state index contributed by atoms with van der Waals surface area (Å²) in [5.74, 6) is 0.464. The molecule has 0 heterocycles. The summed E-state index contributed by atoms with van der Waals surface area (Å²) >= 11 is 0. The van der Waals surface area contributed by atoms with E-state index in [1.165, 1.54) is 12.1 Å². The number of aliphatic hydroxyl groups is 1. The predicted molar refractivity (Wildman–Crippen MR) is 57.5 cm³/mol. The molecule has 1 N–H and O–H groups in total. The molecule has 0 aliphatic carbocycles. The highest BCUT2D eigenvalue weighted by Gasteiger charge is 2.01. The molecule has 0 aromatic heterocycles. The largest absolute Gasteiger partial charge is 0.493 e. The van der Waals surface area contributed by atoms with Crippen molar-refractivity contribution in [1.82, 2.24) is 0 Å². The number of rotatable bonds is 5. The standard InChI is InChI=1S/C12H17FO2/c1-9-8-11(13)5-6-12(9)15-7-3-4-10(2)14/h5-6,8,10,14H,3-4,7H2,1-2H3. The van der Waals surface area contributed by atoms with Gasteiger partial charge in [0, 0.05) is 0 Å².